The van der Waals surface area contributed by atoms with Crippen molar-refractivity contribution in [1.29, 1.82) is 0 Å². The first kappa shape index (κ1) is 23.1. The number of fused-ring (bicyclic) bond motifs is 3. The number of thioether (sulfide) groups is 1. The number of thiophene rings is 1. The number of nitrogens with zero attached hydrogens (tertiary/aromatic N) is 3. The molecule has 2 aromatic heterocycles. The molecular formula is C25H21ClFN3O2S2. The smallest absolute Gasteiger partial charge is 0.263 e. The number of benzene rings is 2. The molecule has 1 amide bonds. The van der Waals surface area contributed by atoms with Crippen molar-refractivity contribution < 1.29 is 9.18 Å². The molecule has 174 valence electrons. The molecule has 0 atom stereocenters. The Morgan fingerprint density at radius 2 is 2.00 bits per heavy atom. The van der Waals surface area contributed by atoms with Gasteiger partial charge in [-0.1, -0.05) is 59.8 Å². The molecule has 0 saturated heterocycles. The molecule has 3 heterocycles. The van der Waals surface area contributed by atoms with Gasteiger partial charge in [-0.05, 0) is 29.7 Å². The fourth-order valence-corrected chi connectivity index (χ4v) is 6.77. The maximum Gasteiger partial charge on any atom is 0.263 e. The molecule has 0 unspecified atom stereocenters. The van der Waals surface area contributed by atoms with Crippen LogP contribution in [-0.2, 0) is 30.1 Å². The summed E-state index contributed by atoms with van der Waals surface area (Å²) in [6.45, 7) is 3.01. The summed E-state index contributed by atoms with van der Waals surface area (Å²) >= 11 is 8.99. The van der Waals surface area contributed by atoms with Gasteiger partial charge in [0.1, 0.15) is 10.6 Å². The summed E-state index contributed by atoms with van der Waals surface area (Å²) in [5.74, 6) is -0.105. The van der Waals surface area contributed by atoms with Gasteiger partial charge in [0.15, 0.2) is 5.16 Å². The lowest BCUT2D eigenvalue weighted by molar-refractivity contribution is -0.129. The molecule has 34 heavy (non-hydrogen) atoms. The lowest BCUT2D eigenvalue weighted by Crippen LogP contribution is -2.34. The van der Waals surface area contributed by atoms with Gasteiger partial charge in [0.25, 0.3) is 5.56 Å². The summed E-state index contributed by atoms with van der Waals surface area (Å²) in [4.78, 5) is 34.0. The zero-order valence-corrected chi connectivity index (χ0v) is 20.8. The SMILES string of the molecule is CC(=O)N1CCc2c(sc3nc(SCc4c(F)cccc4Cl)n(Cc4ccccc4)c(=O)c23)C1. The molecule has 0 N–H and O–H groups in total. The van der Waals surface area contributed by atoms with Gasteiger partial charge in [-0.25, -0.2) is 9.37 Å². The molecule has 2 aromatic carbocycles. The Bertz CT molecular complexity index is 1430. The Morgan fingerprint density at radius 1 is 1.21 bits per heavy atom. The van der Waals surface area contributed by atoms with E-state index in [9.17, 15) is 14.0 Å². The topological polar surface area (TPSA) is 55.2 Å². The number of rotatable bonds is 5. The van der Waals surface area contributed by atoms with Crippen LogP contribution in [0.4, 0.5) is 4.39 Å². The van der Waals surface area contributed by atoms with E-state index in [0.29, 0.717) is 52.0 Å². The van der Waals surface area contributed by atoms with Crippen molar-refractivity contribution >= 4 is 50.8 Å². The van der Waals surface area contributed by atoms with E-state index in [2.05, 4.69) is 0 Å². The Morgan fingerprint density at radius 3 is 2.74 bits per heavy atom. The maximum absolute atomic E-state index is 14.4. The second-order valence-corrected chi connectivity index (χ2v) is 10.6. The molecule has 0 spiro atoms. The molecule has 1 aliphatic heterocycles. The number of amides is 1. The van der Waals surface area contributed by atoms with E-state index in [0.717, 1.165) is 16.0 Å². The van der Waals surface area contributed by atoms with Crippen molar-refractivity contribution in [2.24, 2.45) is 0 Å². The number of halogens is 2. The molecule has 0 saturated carbocycles. The van der Waals surface area contributed by atoms with E-state index >= 15 is 0 Å². The van der Waals surface area contributed by atoms with Crippen molar-refractivity contribution in [3.05, 3.63) is 91.3 Å². The quantitative estimate of drug-likeness (QED) is 0.261. The lowest BCUT2D eigenvalue weighted by Gasteiger charge is -2.25. The summed E-state index contributed by atoms with van der Waals surface area (Å²) in [5, 5.41) is 1.50. The van der Waals surface area contributed by atoms with Gasteiger partial charge in [-0.2, -0.15) is 0 Å². The maximum atomic E-state index is 14.4. The average Bonchev–Trinajstić information content (AvgIpc) is 3.19. The minimum atomic E-state index is -0.381. The van der Waals surface area contributed by atoms with E-state index in [1.807, 2.05) is 30.3 Å². The predicted octanol–water partition coefficient (Wildman–Crippen LogP) is 5.50. The van der Waals surface area contributed by atoms with E-state index in [1.54, 1.807) is 28.5 Å². The number of carbonyl (C=O) groups is 1. The van der Waals surface area contributed by atoms with Crippen LogP contribution in [0.25, 0.3) is 10.2 Å². The Kier molecular flexibility index (Phi) is 6.46. The standard InChI is InChI=1S/C25H21ClFN3O2S2/c1-15(31)29-11-10-17-21(13-29)34-23-22(17)24(32)30(12-16-6-3-2-4-7-16)25(28-23)33-14-18-19(26)8-5-9-20(18)27/h2-9H,10-14H2,1H3. The highest BCUT2D eigenvalue weighted by Crippen LogP contribution is 2.35. The van der Waals surface area contributed by atoms with E-state index in [1.165, 1.54) is 29.2 Å². The van der Waals surface area contributed by atoms with Gasteiger partial charge in [-0.15, -0.1) is 11.3 Å². The number of hydrogen-bond donors (Lipinski definition) is 0. The number of carbonyl (C=O) groups excluding carboxylic acids is 1. The molecular weight excluding hydrogens is 493 g/mol. The summed E-state index contributed by atoms with van der Waals surface area (Å²) in [5.41, 5.74) is 2.25. The van der Waals surface area contributed by atoms with Crippen molar-refractivity contribution in [1.82, 2.24) is 14.5 Å². The predicted molar refractivity (Wildman–Crippen MR) is 135 cm³/mol. The normalized spacial score (nSPS) is 13.3. The third kappa shape index (κ3) is 4.37. The largest absolute Gasteiger partial charge is 0.337 e. The number of hydrogen-bond acceptors (Lipinski definition) is 5. The molecule has 4 aromatic rings. The van der Waals surface area contributed by atoms with Crippen LogP contribution in [0.5, 0.6) is 0 Å². The number of aromatic nitrogens is 2. The second-order valence-electron chi connectivity index (χ2n) is 8.13. The van der Waals surface area contributed by atoms with Gasteiger partial charge in [0, 0.05) is 34.7 Å². The van der Waals surface area contributed by atoms with E-state index in [4.69, 9.17) is 16.6 Å². The van der Waals surface area contributed by atoms with Crippen LogP contribution in [0, 0.1) is 5.82 Å². The summed E-state index contributed by atoms with van der Waals surface area (Å²) in [7, 11) is 0. The monoisotopic (exact) mass is 513 g/mol. The minimum absolute atomic E-state index is 0.0237. The molecule has 0 radical (unpaired) electrons. The Balaban J connectivity index is 1.60. The average molecular weight is 514 g/mol. The van der Waals surface area contributed by atoms with Gasteiger partial charge >= 0.3 is 0 Å². The van der Waals surface area contributed by atoms with Crippen LogP contribution in [0.2, 0.25) is 5.02 Å². The first-order chi connectivity index (χ1) is 16.4. The first-order valence-corrected chi connectivity index (χ1v) is 13.0. The van der Waals surface area contributed by atoms with E-state index < -0.39 is 0 Å². The molecule has 5 rings (SSSR count). The summed E-state index contributed by atoms with van der Waals surface area (Å²) in [6.07, 6.45) is 0.633. The van der Waals surface area contributed by atoms with Gasteiger partial charge in [0.2, 0.25) is 5.91 Å². The highest BCUT2D eigenvalue weighted by molar-refractivity contribution is 7.98. The van der Waals surface area contributed by atoms with Gasteiger partial charge in [0.05, 0.1) is 18.5 Å². The van der Waals surface area contributed by atoms with Crippen LogP contribution < -0.4 is 5.56 Å². The highest BCUT2D eigenvalue weighted by atomic mass is 35.5. The Hall–Kier alpha value is -2.68. The van der Waals surface area contributed by atoms with Gasteiger partial charge in [-0.3, -0.25) is 14.2 Å². The molecule has 0 aliphatic carbocycles. The van der Waals surface area contributed by atoms with Crippen molar-refractivity contribution in [3.63, 3.8) is 0 Å². The van der Waals surface area contributed by atoms with E-state index in [-0.39, 0.29) is 23.0 Å². The Labute approximate surface area is 209 Å². The van der Waals surface area contributed by atoms with Crippen LogP contribution in [0.3, 0.4) is 0 Å². The fraction of sp³-hybridized carbons (Fsp3) is 0.240. The fourth-order valence-electron chi connectivity index (χ4n) is 4.15. The van der Waals surface area contributed by atoms with Gasteiger partial charge < -0.3 is 4.90 Å². The third-order valence-corrected chi connectivity index (χ3v) is 8.43. The van der Waals surface area contributed by atoms with Crippen molar-refractivity contribution in [2.45, 2.75) is 37.3 Å². The van der Waals surface area contributed by atoms with Crippen LogP contribution in [-0.4, -0.2) is 26.9 Å². The molecule has 0 bridgehead atoms. The zero-order chi connectivity index (χ0) is 23.8. The van der Waals surface area contributed by atoms with Crippen molar-refractivity contribution in [2.75, 3.05) is 6.54 Å². The first-order valence-electron chi connectivity index (χ1n) is 10.8. The highest BCUT2D eigenvalue weighted by Gasteiger charge is 2.26. The molecule has 5 nitrogen and oxygen atoms in total. The second kappa shape index (κ2) is 9.52. The lowest BCUT2D eigenvalue weighted by atomic mass is 10.1. The van der Waals surface area contributed by atoms with Crippen LogP contribution in [0.1, 0.15) is 28.5 Å². The molecule has 9 heteroatoms. The third-order valence-electron chi connectivity index (χ3n) is 5.96. The van der Waals surface area contributed by atoms with Crippen molar-refractivity contribution in [3.8, 4) is 0 Å². The summed E-state index contributed by atoms with van der Waals surface area (Å²) < 4.78 is 16.0. The summed E-state index contributed by atoms with van der Waals surface area (Å²) in [6, 6.07) is 14.3. The van der Waals surface area contributed by atoms with Crippen LogP contribution >= 0.6 is 34.7 Å². The molecule has 0 fully saturated rings. The zero-order valence-electron chi connectivity index (χ0n) is 18.4. The minimum Gasteiger partial charge on any atom is -0.337 e. The molecule has 1 aliphatic rings. The van der Waals surface area contributed by atoms with Crippen LogP contribution in [0.15, 0.2) is 58.5 Å².